The van der Waals surface area contributed by atoms with Gasteiger partial charge in [-0.05, 0) is 41.3 Å². The van der Waals surface area contributed by atoms with Gasteiger partial charge in [0.05, 0.1) is 24.6 Å². The number of para-hydroxylation sites is 1. The number of benzene rings is 3. The summed E-state index contributed by atoms with van der Waals surface area (Å²) in [5.41, 5.74) is 3.99. The van der Waals surface area contributed by atoms with Gasteiger partial charge in [0.1, 0.15) is 11.9 Å². The number of hydrogen-bond donors (Lipinski definition) is 2. The van der Waals surface area contributed by atoms with Crippen LogP contribution in [0.15, 0.2) is 91.1 Å². The molecule has 2 N–H and O–H groups in total. The van der Waals surface area contributed by atoms with E-state index in [-0.39, 0.29) is 36.8 Å². The number of hydrazine groups is 1. The Balaban J connectivity index is 1.33. The fourth-order valence-electron chi connectivity index (χ4n) is 6.18. The number of fused-ring (bicyclic) bond motifs is 2. The van der Waals surface area contributed by atoms with Gasteiger partial charge in [-0.25, -0.2) is 9.80 Å². The largest absolute Gasteiger partial charge is 0.508 e. The van der Waals surface area contributed by atoms with Gasteiger partial charge in [-0.15, -0.1) is 6.42 Å². The zero-order valence-electron chi connectivity index (χ0n) is 23.8. The van der Waals surface area contributed by atoms with Crippen molar-refractivity contribution in [3.8, 4) is 18.1 Å². The van der Waals surface area contributed by atoms with E-state index >= 15 is 0 Å². The van der Waals surface area contributed by atoms with E-state index in [4.69, 9.17) is 6.42 Å². The number of nitrogens with one attached hydrogen (secondary N) is 1. The van der Waals surface area contributed by atoms with Gasteiger partial charge in [-0.2, -0.15) is 5.01 Å². The molecule has 2 atom stereocenters. The van der Waals surface area contributed by atoms with E-state index in [2.05, 4.69) is 27.2 Å². The zero-order chi connectivity index (χ0) is 29.8. The number of urea groups is 1. The molecule has 0 spiro atoms. The normalized spacial score (nSPS) is 19.2. The molecule has 4 aromatic rings. The topological polar surface area (TPSA) is 92.2 Å². The van der Waals surface area contributed by atoms with Crippen molar-refractivity contribution >= 4 is 22.8 Å². The molecular formula is C34H34N6O3. The number of phenols is 1. The second-order valence-electron chi connectivity index (χ2n) is 11.0. The van der Waals surface area contributed by atoms with Crippen LogP contribution in [-0.4, -0.2) is 80.2 Å². The number of aromatic nitrogens is 1. The molecule has 0 radical (unpaired) electrons. The van der Waals surface area contributed by atoms with Crippen molar-refractivity contribution < 1.29 is 14.7 Å². The summed E-state index contributed by atoms with van der Waals surface area (Å²) in [4.78, 5) is 36.4. The van der Waals surface area contributed by atoms with Gasteiger partial charge in [0.25, 0.3) is 0 Å². The number of rotatable bonds is 7. The molecule has 43 heavy (non-hydrogen) atoms. The first-order chi connectivity index (χ1) is 21.0. The van der Waals surface area contributed by atoms with Gasteiger partial charge >= 0.3 is 6.03 Å². The van der Waals surface area contributed by atoms with Gasteiger partial charge in [0.15, 0.2) is 0 Å². The van der Waals surface area contributed by atoms with Crippen LogP contribution in [0.4, 0.5) is 4.79 Å². The van der Waals surface area contributed by atoms with Crippen LogP contribution in [0.1, 0.15) is 16.7 Å². The maximum Gasteiger partial charge on any atom is 0.334 e. The molecule has 9 nitrogen and oxygen atoms in total. The zero-order valence-corrected chi connectivity index (χ0v) is 23.8. The molecular weight excluding hydrogens is 540 g/mol. The number of piperazine rings is 1. The van der Waals surface area contributed by atoms with E-state index < -0.39 is 6.17 Å². The SMILES string of the molecule is C#CCN1CC(=O)N2[C@@H](Cc3ccc(O)cc3)CN(Cc3cccc4cccnc34)C[C@@H]2N1C(=O)NCc1ccccc1. The molecule has 3 aromatic carbocycles. The number of terminal acetylenes is 1. The molecule has 2 saturated heterocycles. The van der Waals surface area contributed by atoms with Crippen LogP contribution in [0.3, 0.4) is 0 Å². The van der Waals surface area contributed by atoms with Crippen molar-refractivity contribution in [1.29, 1.82) is 0 Å². The highest BCUT2D eigenvalue weighted by Crippen LogP contribution is 2.29. The first kappa shape index (κ1) is 28.2. The smallest absolute Gasteiger partial charge is 0.334 e. The molecule has 9 heteroatoms. The van der Waals surface area contributed by atoms with E-state index in [9.17, 15) is 14.7 Å². The van der Waals surface area contributed by atoms with Gasteiger partial charge in [0, 0.05) is 37.8 Å². The Morgan fingerprint density at radius 1 is 0.977 bits per heavy atom. The summed E-state index contributed by atoms with van der Waals surface area (Å²) in [6.07, 6.45) is 7.52. The second kappa shape index (κ2) is 12.5. The first-order valence-electron chi connectivity index (χ1n) is 14.4. The Morgan fingerprint density at radius 3 is 2.56 bits per heavy atom. The Morgan fingerprint density at radius 2 is 1.77 bits per heavy atom. The highest BCUT2D eigenvalue weighted by atomic mass is 16.3. The van der Waals surface area contributed by atoms with Crippen LogP contribution in [0.2, 0.25) is 0 Å². The average Bonchev–Trinajstić information content (AvgIpc) is 3.02. The number of hydrogen-bond acceptors (Lipinski definition) is 6. The summed E-state index contributed by atoms with van der Waals surface area (Å²) in [6, 6.07) is 26.4. The number of phenolic OH excluding ortho intramolecular Hbond substituents is 1. The van der Waals surface area contributed by atoms with Crippen LogP contribution in [0, 0.1) is 12.3 Å². The Kier molecular flexibility index (Phi) is 8.22. The third-order valence-electron chi connectivity index (χ3n) is 8.08. The summed E-state index contributed by atoms with van der Waals surface area (Å²) in [5, 5.41) is 17.3. The highest BCUT2D eigenvalue weighted by molar-refractivity contribution is 5.83. The van der Waals surface area contributed by atoms with Crippen molar-refractivity contribution in [2.75, 3.05) is 26.2 Å². The van der Waals surface area contributed by atoms with Gasteiger partial charge in [-0.1, -0.05) is 72.7 Å². The van der Waals surface area contributed by atoms with Crippen LogP contribution < -0.4 is 5.32 Å². The molecule has 0 unspecified atom stereocenters. The third-order valence-corrected chi connectivity index (χ3v) is 8.08. The summed E-state index contributed by atoms with van der Waals surface area (Å²) < 4.78 is 0. The van der Waals surface area contributed by atoms with Crippen molar-refractivity contribution in [1.82, 2.24) is 30.1 Å². The lowest BCUT2D eigenvalue weighted by Gasteiger charge is -2.55. The Hall–Kier alpha value is -4.91. The minimum absolute atomic E-state index is 0.0127. The molecule has 0 saturated carbocycles. The molecule has 0 bridgehead atoms. The van der Waals surface area contributed by atoms with Crippen molar-refractivity contribution in [3.05, 3.63) is 108 Å². The molecule has 218 valence electrons. The summed E-state index contributed by atoms with van der Waals surface area (Å²) in [6.45, 7) is 2.15. The van der Waals surface area contributed by atoms with Gasteiger partial charge < -0.3 is 15.3 Å². The first-order valence-corrected chi connectivity index (χ1v) is 14.4. The quantitative estimate of drug-likeness (QED) is 0.328. The summed E-state index contributed by atoms with van der Waals surface area (Å²) in [7, 11) is 0. The number of pyridine rings is 1. The second-order valence-corrected chi connectivity index (χ2v) is 11.0. The minimum atomic E-state index is -0.566. The predicted molar refractivity (Wildman–Crippen MR) is 164 cm³/mol. The van der Waals surface area contributed by atoms with Crippen molar-refractivity contribution in [2.24, 2.45) is 0 Å². The van der Waals surface area contributed by atoms with Crippen LogP contribution in [0.5, 0.6) is 5.75 Å². The van der Waals surface area contributed by atoms with Crippen molar-refractivity contribution in [3.63, 3.8) is 0 Å². The van der Waals surface area contributed by atoms with E-state index in [0.29, 0.717) is 32.6 Å². The lowest BCUT2D eigenvalue weighted by atomic mass is 9.99. The molecule has 1 aromatic heterocycles. The number of carbonyl (C=O) groups excluding carboxylic acids is 2. The molecule has 2 aliphatic heterocycles. The summed E-state index contributed by atoms with van der Waals surface area (Å²) >= 11 is 0. The lowest BCUT2D eigenvalue weighted by Crippen LogP contribution is -2.75. The number of nitrogens with zero attached hydrogens (tertiary/aromatic N) is 5. The van der Waals surface area contributed by atoms with Crippen LogP contribution in [0.25, 0.3) is 10.9 Å². The van der Waals surface area contributed by atoms with E-state index in [1.807, 2.05) is 71.6 Å². The summed E-state index contributed by atoms with van der Waals surface area (Å²) in [5.74, 6) is 2.75. The van der Waals surface area contributed by atoms with Crippen LogP contribution >= 0.6 is 0 Å². The number of carbonyl (C=O) groups is 2. The highest BCUT2D eigenvalue weighted by Gasteiger charge is 2.48. The van der Waals surface area contributed by atoms with Crippen molar-refractivity contribution in [2.45, 2.75) is 31.7 Å². The monoisotopic (exact) mass is 574 g/mol. The molecule has 6 rings (SSSR count). The Bertz CT molecular complexity index is 1630. The predicted octanol–water partition coefficient (Wildman–Crippen LogP) is 3.60. The minimum Gasteiger partial charge on any atom is -0.508 e. The number of aromatic hydroxyl groups is 1. The van der Waals surface area contributed by atoms with E-state index in [0.717, 1.165) is 27.6 Å². The molecule has 3 heterocycles. The molecule has 3 amide bonds. The third kappa shape index (κ3) is 6.16. The van der Waals surface area contributed by atoms with E-state index in [1.54, 1.807) is 28.3 Å². The fourth-order valence-corrected chi connectivity index (χ4v) is 6.18. The number of amides is 3. The average molecular weight is 575 g/mol. The maximum absolute atomic E-state index is 13.9. The van der Waals surface area contributed by atoms with Crippen LogP contribution in [-0.2, 0) is 24.3 Å². The van der Waals surface area contributed by atoms with Gasteiger partial charge in [0.2, 0.25) is 5.91 Å². The fraction of sp³-hybridized carbons (Fsp3) is 0.265. The van der Waals surface area contributed by atoms with E-state index in [1.165, 1.54) is 0 Å². The van der Waals surface area contributed by atoms with Gasteiger partial charge in [-0.3, -0.25) is 14.7 Å². The standard InChI is InChI=1S/C34H34N6O3/c1-2-18-38-24-32(42)39-29(19-25-13-15-30(41)16-14-25)22-37(21-28-11-6-10-27-12-7-17-35-33(27)28)23-31(39)40(38)34(43)36-20-26-8-4-3-5-9-26/h1,3-17,29,31,41H,18-24H2,(H,36,43)/t29-,31-/m0/s1. The molecule has 2 fully saturated rings. The maximum atomic E-state index is 13.9. The molecule has 2 aliphatic rings. The lowest BCUT2D eigenvalue weighted by molar-refractivity contribution is -0.182. The molecule has 0 aliphatic carbocycles. The Labute approximate surface area is 251 Å².